The van der Waals surface area contributed by atoms with Crippen LogP contribution in [-0.4, -0.2) is 17.0 Å². The van der Waals surface area contributed by atoms with E-state index in [-0.39, 0.29) is 5.91 Å². The van der Waals surface area contributed by atoms with Gasteiger partial charge in [0, 0.05) is 50.3 Å². The van der Waals surface area contributed by atoms with E-state index in [0.717, 1.165) is 37.4 Å². The summed E-state index contributed by atoms with van der Waals surface area (Å²) in [6, 6.07) is 8.40. The summed E-state index contributed by atoms with van der Waals surface area (Å²) in [5.74, 6) is 0.121. The Labute approximate surface area is 125 Å². The minimum Gasteiger partial charge on any atom is -0.381 e. The van der Waals surface area contributed by atoms with E-state index in [1.54, 1.807) is 6.92 Å². The second-order valence-corrected chi connectivity index (χ2v) is 5.47. The average Bonchev–Trinajstić information content (AvgIpc) is 3.11. The Morgan fingerprint density at radius 2 is 2.19 bits per heavy atom. The largest absolute Gasteiger partial charge is 0.381 e. The number of aromatic nitrogens is 1. The van der Waals surface area contributed by atoms with Crippen molar-refractivity contribution in [1.29, 1.82) is 0 Å². The van der Waals surface area contributed by atoms with Gasteiger partial charge in [-0.2, -0.15) is 0 Å². The zero-order chi connectivity index (χ0) is 14.8. The number of aryl methyl sites for hydroxylation is 1. The number of anilines is 2. The van der Waals surface area contributed by atoms with Crippen LogP contribution in [0, 0.1) is 0 Å². The smallest absolute Gasteiger partial charge is 0.223 e. The van der Waals surface area contributed by atoms with Gasteiger partial charge in [0.1, 0.15) is 0 Å². The van der Waals surface area contributed by atoms with Crippen LogP contribution in [0.25, 0.3) is 0 Å². The lowest BCUT2D eigenvalue weighted by atomic mass is 10.1. The summed E-state index contributed by atoms with van der Waals surface area (Å²) in [5.41, 5.74) is 4.71. The molecule has 0 spiro atoms. The quantitative estimate of drug-likeness (QED) is 0.936. The lowest BCUT2D eigenvalue weighted by molar-refractivity contribution is -0.116. The van der Waals surface area contributed by atoms with Crippen LogP contribution in [0.5, 0.6) is 0 Å². The topological polar surface area (TPSA) is 37.3 Å². The Bertz CT molecular complexity index is 660. The maximum atomic E-state index is 11.5. The molecule has 4 heteroatoms. The van der Waals surface area contributed by atoms with E-state index in [0.29, 0.717) is 0 Å². The number of fused-ring (bicyclic) bond motifs is 1. The summed E-state index contributed by atoms with van der Waals surface area (Å²) in [5, 5.41) is 3.46. The van der Waals surface area contributed by atoms with Crippen molar-refractivity contribution < 1.29 is 4.79 Å². The molecule has 1 aromatic heterocycles. The number of hydrogen-bond acceptors (Lipinski definition) is 2. The van der Waals surface area contributed by atoms with E-state index in [9.17, 15) is 4.79 Å². The number of rotatable bonds is 4. The highest BCUT2D eigenvalue weighted by Gasteiger charge is 2.21. The van der Waals surface area contributed by atoms with Crippen LogP contribution in [0.4, 0.5) is 11.4 Å². The van der Waals surface area contributed by atoms with Gasteiger partial charge in [-0.1, -0.05) is 0 Å². The molecule has 4 nitrogen and oxygen atoms in total. The number of nitrogens with zero attached hydrogens (tertiary/aromatic N) is 2. The minimum absolute atomic E-state index is 0.121. The van der Waals surface area contributed by atoms with Crippen molar-refractivity contribution >= 4 is 17.3 Å². The molecule has 0 aliphatic carbocycles. The van der Waals surface area contributed by atoms with E-state index in [1.165, 1.54) is 11.1 Å². The zero-order valence-electron chi connectivity index (χ0n) is 12.6. The summed E-state index contributed by atoms with van der Waals surface area (Å²) < 4.78 is 2.17. The standard InChI is InChI=1S/C17H21N3O/c1-3-19-8-6-14(12-19)11-18-16-4-5-17-15(10-16)7-9-20(17)13(2)21/h4-6,8,10,12,18H,3,7,9,11H2,1-2H3. The highest BCUT2D eigenvalue weighted by Crippen LogP contribution is 2.30. The minimum atomic E-state index is 0.121. The molecule has 1 aliphatic rings. The fraction of sp³-hybridized carbons (Fsp3) is 0.353. The highest BCUT2D eigenvalue weighted by molar-refractivity contribution is 5.94. The van der Waals surface area contributed by atoms with Crippen LogP contribution >= 0.6 is 0 Å². The van der Waals surface area contributed by atoms with Crippen LogP contribution in [0.2, 0.25) is 0 Å². The van der Waals surface area contributed by atoms with Crippen molar-refractivity contribution in [3.05, 3.63) is 47.8 Å². The van der Waals surface area contributed by atoms with Gasteiger partial charge in [-0.3, -0.25) is 4.79 Å². The third-order valence-corrected chi connectivity index (χ3v) is 4.03. The molecule has 1 aliphatic heterocycles. The summed E-state index contributed by atoms with van der Waals surface area (Å²) >= 11 is 0. The Balaban J connectivity index is 1.69. The first-order valence-electron chi connectivity index (χ1n) is 7.47. The molecule has 0 unspecified atom stereocenters. The fourth-order valence-corrected chi connectivity index (χ4v) is 2.83. The van der Waals surface area contributed by atoms with Crippen molar-refractivity contribution in [2.75, 3.05) is 16.8 Å². The Morgan fingerprint density at radius 3 is 2.90 bits per heavy atom. The van der Waals surface area contributed by atoms with E-state index in [1.807, 2.05) is 11.0 Å². The monoisotopic (exact) mass is 283 g/mol. The number of carbonyl (C=O) groups is 1. The molecule has 1 N–H and O–H groups in total. The molecule has 0 radical (unpaired) electrons. The zero-order valence-corrected chi connectivity index (χ0v) is 12.6. The first-order valence-corrected chi connectivity index (χ1v) is 7.47. The normalized spacial score (nSPS) is 13.3. The number of carbonyl (C=O) groups excluding carboxylic acids is 1. The highest BCUT2D eigenvalue weighted by atomic mass is 16.2. The van der Waals surface area contributed by atoms with Gasteiger partial charge in [0.15, 0.2) is 0 Å². The molecule has 0 atom stereocenters. The number of benzene rings is 1. The lowest BCUT2D eigenvalue weighted by Crippen LogP contribution is -2.25. The average molecular weight is 283 g/mol. The maximum Gasteiger partial charge on any atom is 0.223 e. The van der Waals surface area contributed by atoms with Crippen LogP contribution in [0.15, 0.2) is 36.7 Å². The number of hydrogen-bond donors (Lipinski definition) is 1. The molecule has 2 heterocycles. The molecule has 21 heavy (non-hydrogen) atoms. The van der Waals surface area contributed by atoms with Gasteiger partial charge >= 0.3 is 0 Å². The maximum absolute atomic E-state index is 11.5. The van der Waals surface area contributed by atoms with Gasteiger partial charge in [0.25, 0.3) is 0 Å². The van der Waals surface area contributed by atoms with Crippen LogP contribution in [-0.2, 0) is 24.3 Å². The third-order valence-electron chi connectivity index (χ3n) is 4.03. The Hall–Kier alpha value is -2.23. The Morgan fingerprint density at radius 1 is 1.33 bits per heavy atom. The lowest BCUT2D eigenvalue weighted by Gasteiger charge is -2.15. The van der Waals surface area contributed by atoms with Gasteiger partial charge in [-0.25, -0.2) is 0 Å². The van der Waals surface area contributed by atoms with Gasteiger partial charge < -0.3 is 14.8 Å². The molecule has 0 saturated carbocycles. The molecule has 1 amide bonds. The van der Waals surface area contributed by atoms with E-state index < -0.39 is 0 Å². The van der Waals surface area contributed by atoms with E-state index >= 15 is 0 Å². The Kier molecular flexibility index (Phi) is 3.69. The second kappa shape index (κ2) is 5.64. The molecule has 3 rings (SSSR count). The fourth-order valence-electron chi connectivity index (χ4n) is 2.83. The summed E-state index contributed by atoms with van der Waals surface area (Å²) in [6.07, 6.45) is 5.21. The van der Waals surface area contributed by atoms with Crippen LogP contribution in [0.3, 0.4) is 0 Å². The van der Waals surface area contributed by atoms with Crippen molar-refractivity contribution in [2.45, 2.75) is 33.4 Å². The van der Waals surface area contributed by atoms with Gasteiger partial charge in [0.2, 0.25) is 5.91 Å². The number of amides is 1. The third kappa shape index (κ3) is 2.79. The van der Waals surface area contributed by atoms with Crippen LogP contribution in [0.1, 0.15) is 25.0 Å². The molecular weight excluding hydrogens is 262 g/mol. The van der Waals surface area contributed by atoms with Gasteiger partial charge in [0.05, 0.1) is 0 Å². The number of nitrogens with one attached hydrogen (secondary N) is 1. The first kappa shape index (κ1) is 13.7. The van der Waals surface area contributed by atoms with Crippen molar-refractivity contribution in [3.63, 3.8) is 0 Å². The summed E-state index contributed by atoms with van der Waals surface area (Å²) in [6.45, 7) is 6.38. The van der Waals surface area contributed by atoms with E-state index in [4.69, 9.17) is 0 Å². The molecule has 2 aromatic rings. The van der Waals surface area contributed by atoms with Crippen molar-refractivity contribution in [1.82, 2.24) is 4.57 Å². The predicted molar refractivity (Wildman–Crippen MR) is 85.6 cm³/mol. The molecule has 110 valence electrons. The predicted octanol–water partition coefficient (Wildman–Crippen LogP) is 3.03. The second-order valence-electron chi connectivity index (χ2n) is 5.47. The summed E-state index contributed by atoms with van der Waals surface area (Å²) in [7, 11) is 0. The van der Waals surface area contributed by atoms with E-state index in [2.05, 4.69) is 47.4 Å². The van der Waals surface area contributed by atoms with Crippen molar-refractivity contribution in [3.8, 4) is 0 Å². The van der Waals surface area contributed by atoms with Crippen molar-refractivity contribution in [2.24, 2.45) is 0 Å². The van der Waals surface area contributed by atoms with Gasteiger partial charge in [-0.05, 0) is 48.7 Å². The summed E-state index contributed by atoms with van der Waals surface area (Å²) in [4.78, 5) is 13.4. The molecule has 0 bridgehead atoms. The first-order chi connectivity index (χ1) is 10.2. The molecule has 1 aromatic carbocycles. The SMILES string of the molecule is CCn1ccc(CNc2ccc3c(c2)CCN3C(C)=O)c1. The molecule has 0 fully saturated rings. The van der Waals surface area contributed by atoms with Gasteiger partial charge in [-0.15, -0.1) is 0 Å². The molecule has 0 saturated heterocycles. The molecular formula is C17H21N3O. The van der Waals surface area contributed by atoms with Crippen LogP contribution < -0.4 is 10.2 Å².